The summed E-state index contributed by atoms with van der Waals surface area (Å²) in [6, 6.07) is 2.73. The zero-order chi connectivity index (χ0) is 10.3. The van der Waals surface area contributed by atoms with Gasteiger partial charge in [0.25, 0.3) is 0 Å². The highest BCUT2D eigenvalue weighted by Gasteiger charge is 2.10. The lowest BCUT2D eigenvalue weighted by Gasteiger charge is -2.15. The monoisotopic (exact) mass is 205 g/mol. The van der Waals surface area contributed by atoms with E-state index in [1.165, 1.54) is 44.1 Å². The Morgan fingerprint density at radius 3 is 2.60 bits per heavy atom. The molecule has 1 heterocycles. The number of aromatic nitrogens is 2. The third-order valence-corrected chi connectivity index (χ3v) is 3.10. The van der Waals surface area contributed by atoms with E-state index in [4.69, 9.17) is 0 Å². The molecule has 0 atom stereocenters. The number of rotatable bonds is 3. The summed E-state index contributed by atoms with van der Waals surface area (Å²) in [7, 11) is 0. The Morgan fingerprint density at radius 1 is 1.13 bits per heavy atom. The predicted molar refractivity (Wildman–Crippen MR) is 60.4 cm³/mol. The van der Waals surface area contributed by atoms with E-state index in [0.717, 1.165) is 6.54 Å². The largest absolute Gasteiger partial charge is 0.310 e. The van der Waals surface area contributed by atoms with Crippen molar-refractivity contribution in [1.82, 2.24) is 15.5 Å². The van der Waals surface area contributed by atoms with Gasteiger partial charge in [0.15, 0.2) is 0 Å². The molecular weight excluding hydrogens is 186 g/mol. The third kappa shape index (κ3) is 3.59. The molecule has 0 spiro atoms. The summed E-state index contributed by atoms with van der Waals surface area (Å²) >= 11 is 0. The van der Waals surface area contributed by atoms with Gasteiger partial charge in [-0.05, 0) is 24.5 Å². The molecule has 1 aromatic heterocycles. The van der Waals surface area contributed by atoms with Gasteiger partial charge < -0.3 is 5.32 Å². The van der Waals surface area contributed by atoms with Crippen molar-refractivity contribution in [1.29, 1.82) is 0 Å². The minimum Gasteiger partial charge on any atom is -0.310 e. The van der Waals surface area contributed by atoms with E-state index < -0.39 is 0 Å². The molecule has 0 aliphatic heterocycles. The molecule has 1 fully saturated rings. The van der Waals surface area contributed by atoms with Gasteiger partial charge in [-0.3, -0.25) is 0 Å². The maximum absolute atomic E-state index is 3.88. The van der Waals surface area contributed by atoms with Crippen LogP contribution in [0.4, 0.5) is 0 Å². The topological polar surface area (TPSA) is 37.8 Å². The van der Waals surface area contributed by atoms with Gasteiger partial charge >= 0.3 is 0 Å². The summed E-state index contributed by atoms with van der Waals surface area (Å²) < 4.78 is 0. The van der Waals surface area contributed by atoms with Gasteiger partial charge in [-0.25, -0.2) is 0 Å². The lowest BCUT2D eigenvalue weighted by Crippen LogP contribution is -2.27. The van der Waals surface area contributed by atoms with E-state index in [1.54, 1.807) is 6.20 Å². The van der Waals surface area contributed by atoms with Gasteiger partial charge in [-0.15, -0.1) is 0 Å². The molecule has 3 heteroatoms. The molecule has 0 radical (unpaired) electrons. The molecule has 0 unspecified atom stereocenters. The van der Waals surface area contributed by atoms with Gasteiger partial charge in [0.2, 0.25) is 0 Å². The quantitative estimate of drug-likeness (QED) is 0.769. The molecule has 0 saturated heterocycles. The molecule has 1 N–H and O–H groups in total. The van der Waals surface area contributed by atoms with Crippen LogP contribution in [0.2, 0.25) is 0 Å². The highest BCUT2D eigenvalue weighted by atomic mass is 15.1. The van der Waals surface area contributed by atoms with Crippen LogP contribution in [-0.4, -0.2) is 16.2 Å². The first-order valence-electron chi connectivity index (χ1n) is 5.94. The SMILES string of the molecule is c1cc(CNC2CCCCCC2)cnn1. The zero-order valence-corrected chi connectivity index (χ0v) is 9.15. The molecule has 15 heavy (non-hydrogen) atoms. The van der Waals surface area contributed by atoms with E-state index in [1.807, 2.05) is 12.3 Å². The average molecular weight is 205 g/mol. The lowest BCUT2D eigenvalue weighted by atomic mass is 10.1. The Balaban J connectivity index is 1.77. The van der Waals surface area contributed by atoms with Crippen LogP contribution < -0.4 is 5.32 Å². The highest BCUT2D eigenvalue weighted by Crippen LogP contribution is 2.17. The van der Waals surface area contributed by atoms with Crippen LogP contribution in [-0.2, 0) is 6.54 Å². The molecule has 0 bridgehead atoms. The van der Waals surface area contributed by atoms with E-state index in [2.05, 4.69) is 15.5 Å². The van der Waals surface area contributed by atoms with E-state index in [-0.39, 0.29) is 0 Å². The molecule has 1 aliphatic rings. The molecule has 3 nitrogen and oxygen atoms in total. The fraction of sp³-hybridized carbons (Fsp3) is 0.667. The Kier molecular flexibility index (Phi) is 4.09. The summed E-state index contributed by atoms with van der Waals surface area (Å²) in [4.78, 5) is 0. The number of hydrogen-bond acceptors (Lipinski definition) is 3. The summed E-state index contributed by atoms with van der Waals surface area (Å²) in [6.07, 6.45) is 11.8. The van der Waals surface area contributed by atoms with Crippen LogP contribution in [0.3, 0.4) is 0 Å². The first-order valence-corrected chi connectivity index (χ1v) is 5.94. The Hall–Kier alpha value is -0.960. The maximum Gasteiger partial charge on any atom is 0.0541 e. The average Bonchev–Trinajstić information content (AvgIpc) is 2.56. The maximum atomic E-state index is 3.88. The standard InChI is InChI=1S/C12H19N3/c1-2-4-6-12(5-3-1)13-9-11-7-8-14-15-10-11/h7-8,10,12-13H,1-6,9H2. The molecule has 82 valence electrons. The van der Waals surface area contributed by atoms with Crippen molar-refractivity contribution in [3.05, 3.63) is 24.0 Å². The van der Waals surface area contributed by atoms with Gasteiger partial charge in [0.05, 0.1) is 6.20 Å². The van der Waals surface area contributed by atoms with Gasteiger partial charge in [0.1, 0.15) is 0 Å². The number of nitrogens with zero attached hydrogens (tertiary/aromatic N) is 2. The Morgan fingerprint density at radius 2 is 1.93 bits per heavy atom. The molecule has 0 aromatic carbocycles. The Bertz CT molecular complexity index is 265. The first kappa shape index (κ1) is 10.6. The van der Waals surface area contributed by atoms with E-state index in [0.29, 0.717) is 6.04 Å². The van der Waals surface area contributed by atoms with Crippen molar-refractivity contribution in [2.24, 2.45) is 0 Å². The smallest absolute Gasteiger partial charge is 0.0541 e. The summed E-state index contributed by atoms with van der Waals surface area (Å²) in [6.45, 7) is 0.931. The number of nitrogens with one attached hydrogen (secondary N) is 1. The summed E-state index contributed by atoms with van der Waals surface area (Å²) in [5.41, 5.74) is 1.23. The van der Waals surface area contributed by atoms with Crippen LogP contribution in [0.15, 0.2) is 18.5 Å². The molecule has 1 aliphatic carbocycles. The van der Waals surface area contributed by atoms with Gasteiger partial charge in [-0.1, -0.05) is 25.7 Å². The summed E-state index contributed by atoms with van der Waals surface area (Å²) in [5.74, 6) is 0. The van der Waals surface area contributed by atoms with Crippen molar-refractivity contribution < 1.29 is 0 Å². The van der Waals surface area contributed by atoms with Gasteiger partial charge in [0, 0.05) is 18.8 Å². The highest BCUT2D eigenvalue weighted by molar-refractivity contribution is 5.04. The molecule has 1 saturated carbocycles. The predicted octanol–water partition coefficient (Wildman–Crippen LogP) is 2.29. The van der Waals surface area contributed by atoms with Crippen LogP contribution in [0.5, 0.6) is 0 Å². The lowest BCUT2D eigenvalue weighted by molar-refractivity contribution is 0.458. The van der Waals surface area contributed by atoms with E-state index >= 15 is 0 Å². The second-order valence-corrected chi connectivity index (χ2v) is 4.32. The zero-order valence-electron chi connectivity index (χ0n) is 9.15. The normalized spacial score (nSPS) is 18.7. The van der Waals surface area contributed by atoms with Crippen LogP contribution in [0.25, 0.3) is 0 Å². The minimum atomic E-state index is 0.709. The second-order valence-electron chi connectivity index (χ2n) is 4.32. The fourth-order valence-electron chi connectivity index (χ4n) is 2.17. The van der Waals surface area contributed by atoms with E-state index in [9.17, 15) is 0 Å². The number of hydrogen-bond donors (Lipinski definition) is 1. The van der Waals surface area contributed by atoms with Crippen molar-refractivity contribution in [2.45, 2.75) is 51.1 Å². The third-order valence-electron chi connectivity index (χ3n) is 3.10. The van der Waals surface area contributed by atoms with Crippen LogP contribution in [0, 0.1) is 0 Å². The second kappa shape index (κ2) is 5.81. The minimum absolute atomic E-state index is 0.709. The van der Waals surface area contributed by atoms with Crippen molar-refractivity contribution in [3.8, 4) is 0 Å². The Labute approximate surface area is 91.3 Å². The van der Waals surface area contributed by atoms with Crippen molar-refractivity contribution in [2.75, 3.05) is 0 Å². The van der Waals surface area contributed by atoms with Crippen LogP contribution >= 0.6 is 0 Å². The van der Waals surface area contributed by atoms with Crippen molar-refractivity contribution >= 4 is 0 Å². The molecule has 2 rings (SSSR count). The van der Waals surface area contributed by atoms with Crippen molar-refractivity contribution in [3.63, 3.8) is 0 Å². The fourth-order valence-corrected chi connectivity index (χ4v) is 2.17. The molecule has 0 amide bonds. The first-order chi connectivity index (χ1) is 7.45. The van der Waals surface area contributed by atoms with Crippen LogP contribution in [0.1, 0.15) is 44.1 Å². The summed E-state index contributed by atoms with van der Waals surface area (Å²) in [5, 5.41) is 11.3. The molecular formula is C12H19N3. The molecule has 1 aromatic rings. The van der Waals surface area contributed by atoms with Gasteiger partial charge in [-0.2, -0.15) is 10.2 Å².